The van der Waals surface area contributed by atoms with Crippen LogP contribution in [0.5, 0.6) is 0 Å². The molecule has 0 amide bonds. The first kappa shape index (κ1) is 24.1. The summed E-state index contributed by atoms with van der Waals surface area (Å²) in [6.07, 6.45) is -0.389. The van der Waals surface area contributed by atoms with Crippen LogP contribution >= 0.6 is 11.3 Å². The first-order valence-electron chi connectivity index (χ1n) is 11.6. The molecule has 4 rings (SSSR count). The number of fused-ring (bicyclic) bond motifs is 1. The van der Waals surface area contributed by atoms with Gasteiger partial charge in [-0.2, -0.15) is 0 Å². The van der Waals surface area contributed by atoms with Crippen LogP contribution in [0.1, 0.15) is 46.8 Å². The van der Waals surface area contributed by atoms with Gasteiger partial charge in [0.25, 0.3) is 5.56 Å². The zero-order valence-electron chi connectivity index (χ0n) is 19.9. The number of aliphatic hydroxyl groups excluding tert-OH is 1. The van der Waals surface area contributed by atoms with E-state index in [1.165, 1.54) is 16.9 Å². The molecule has 2 aromatic carbocycles. The molecule has 2 heterocycles. The largest absolute Gasteiger partial charge is 0.387 e. The summed E-state index contributed by atoms with van der Waals surface area (Å²) in [6.45, 7) is 8.33. The number of nitrogens with zero attached hydrogens (tertiary/aromatic N) is 3. The Morgan fingerprint density at radius 2 is 1.85 bits per heavy atom. The van der Waals surface area contributed by atoms with E-state index in [1.54, 1.807) is 10.5 Å². The van der Waals surface area contributed by atoms with Gasteiger partial charge in [-0.1, -0.05) is 48.0 Å². The average Bonchev–Trinajstić information content (AvgIpc) is 3.18. The third kappa shape index (κ3) is 5.55. The van der Waals surface area contributed by atoms with Gasteiger partial charge in [-0.15, -0.1) is 11.3 Å². The molecule has 0 saturated heterocycles. The summed E-state index contributed by atoms with van der Waals surface area (Å²) in [6, 6.07) is 19.9. The monoisotopic (exact) mass is 477 g/mol. The van der Waals surface area contributed by atoms with Crippen molar-refractivity contribution < 1.29 is 9.84 Å². The first-order valence-corrected chi connectivity index (χ1v) is 12.4. The zero-order chi connectivity index (χ0) is 24.1. The quantitative estimate of drug-likeness (QED) is 0.324. The molecule has 0 saturated carbocycles. The number of thiazole rings is 1. The van der Waals surface area contributed by atoms with E-state index in [0.717, 1.165) is 28.4 Å². The zero-order valence-corrected chi connectivity index (χ0v) is 20.7. The second kappa shape index (κ2) is 11.0. The maximum absolute atomic E-state index is 13.1. The van der Waals surface area contributed by atoms with E-state index in [2.05, 4.69) is 43.0 Å². The van der Waals surface area contributed by atoms with Crippen LogP contribution in [-0.4, -0.2) is 27.6 Å². The van der Waals surface area contributed by atoms with Crippen molar-refractivity contribution in [3.05, 3.63) is 98.4 Å². The van der Waals surface area contributed by atoms with Crippen molar-refractivity contribution in [2.45, 2.75) is 46.4 Å². The SMILES string of the molecule is CCN(Cc1cc(=O)n2c(C(O)CCOCc3ccccc3)c(C)sc2n1)c1ccc(C)cc1. The van der Waals surface area contributed by atoms with Crippen LogP contribution in [0.4, 0.5) is 5.69 Å². The molecule has 6 nitrogen and oxygen atoms in total. The molecule has 0 aliphatic carbocycles. The van der Waals surface area contributed by atoms with Gasteiger partial charge < -0.3 is 14.7 Å². The van der Waals surface area contributed by atoms with Crippen molar-refractivity contribution in [2.75, 3.05) is 18.1 Å². The fraction of sp³-hybridized carbons (Fsp3) is 0.333. The molecule has 0 fully saturated rings. The van der Waals surface area contributed by atoms with Crippen molar-refractivity contribution in [2.24, 2.45) is 0 Å². The lowest BCUT2D eigenvalue weighted by molar-refractivity contribution is 0.0711. The van der Waals surface area contributed by atoms with E-state index in [0.29, 0.717) is 36.8 Å². The summed E-state index contributed by atoms with van der Waals surface area (Å²) in [4.78, 5) is 21.5. The van der Waals surface area contributed by atoms with E-state index in [4.69, 9.17) is 9.72 Å². The van der Waals surface area contributed by atoms with Gasteiger partial charge in [-0.3, -0.25) is 9.20 Å². The molecule has 0 aliphatic heterocycles. The number of hydrogen-bond acceptors (Lipinski definition) is 6. The Morgan fingerprint density at radius 1 is 1.12 bits per heavy atom. The number of rotatable bonds is 10. The molecule has 0 aliphatic rings. The topological polar surface area (TPSA) is 67.1 Å². The molecular weight excluding hydrogens is 446 g/mol. The predicted molar refractivity (Wildman–Crippen MR) is 138 cm³/mol. The van der Waals surface area contributed by atoms with Crippen molar-refractivity contribution in [3.8, 4) is 0 Å². The lowest BCUT2D eigenvalue weighted by Crippen LogP contribution is -2.25. The predicted octanol–water partition coefficient (Wildman–Crippen LogP) is 5.04. The number of ether oxygens (including phenoxy) is 1. The van der Waals surface area contributed by atoms with Crippen LogP contribution in [0.15, 0.2) is 65.5 Å². The molecule has 4 aromatic rings. The second-order valence-electron chi connectivity index (χ2n) is 8.44. The van der Waals surface area contributed by atoms with Crippen molar-refractivity contribution in [3.63, 3.8) is 0 Å². The van der Waals surface area contributed by atoms with E-state index in [-0.39, 0.29) is 5.56 Å². The van der Waals surface area contributed by atoms with E-state index in [1.807, 2.05) is 37.3 Å². The highest BCUT2D eigenvalue weighted by Gasteiger charge is 2.20. The Balaban J connectivity index is 1.48. The highest BCUT2D eigenvalue weighted by molar-refractivity contribution is 7.17. The summed E-state index contributed by atoms with van der Waals surface area (Å²) in [5.74, 6) is 0. The fourth-order valence-electron chi connectivity index (χ4n) is 4.04. The van der Waals surface area contributed by atoms with Gasteiger partial charge >= 0.3 is 0 Å². The fourth-order valence-corrected chi connectivity index (χ4v) is 5.09. The molecule has 1 N–H and O–H groups in total. The van der Waals surface area contributed by atoms with Crippen LogP contribution in [0, 0.1) is 13.8 Å². The molecule has 34 heavy (non-hydrogen) atoms. The molecule has 0 bridgehead atoms. The van der Waals surface area contributed by atoms with E-state index in [9.17, 15) is 9.90 Å². The summed E-state index contributed by atoms with van der Waals surface area (Å²) >= 11 is 1.44. The minimum Gasteiger partial charge on any atom is -0.387 e. The van der Waals surface area contributed by atoms with Gasteiger partial charge in [-0.05, 0) is 38.5 Å². The Kier molecular flexibility index (Phi) is 7.77. The van der Waals surface area contributed by atoms with Crippen LogP contribution in [-0.2, 0) is 17.9 Å². The van der Waals surface area contributed by atoms with Gasteiger partial charge in [0.2, 0.25) is 0 Å². The summed E-state index contributed by atoms with van der Waals surface area (Å²) in [7, 11) is 0. The van der Waals surface area contributed by atoms with Crippen LogP contribution < -0.4 is 10.5 Å². The Labute approximate surface area is 204 Å². The van der Waals surface area contributed by atoms with E-state index < -0.39 is 6.10 Å². The maximum Gasteiger partial charge on any atom is 0.259 e. The summed E-state index contributed by atoms with van der Waals surface area (Å²) in [5, 5.41) is 10.9. The number of aryl methyl sites for hydroxylation is 2. The van der Waals surface area contributed by atoms with Gasteiger partial charge in [0, 0.05) is 36.2 Å². The van der Waals surface area contributed by atoms with Crippen molar-refractivity contribution in [1.82, 2.24) is 9.38 Å². The van der Waals surface area contributed by atoms with Gasteiger partial charge in [0.1, 0.15) is 0 Å². The smallest absolute Gasteiger partial charge is 0.259 e. The normalized spacial score (nSPS) is 12.2. The molecule has 2 aromatic heterocycles. The Hall–Kier alpha value is -3.00. The molecule has 1 unspecified atom stereocenters. The third-order valence-electron chi connectivity index (χ3n) is 5.88. The van der Waals surface area contributed by atoms with E-state index >= 15 is 0 Å². The van der Waals surface area contributed by atoms with Gasteiger partial charge in [0.15, 0.2) is 4.96 Å². The number of aliphatic hydroxyl groups is 1. The lowest BCUT2D eigenvalue weighted by atomic mass is 10.1. The molecule has 1 atom stereocenters. The molecule has 7 heteroatoms. The van der Waals surface area contributed by atoms with Crippen LogP contribution in [0.25, 0.3) is 4.96 Å². The molecule has 0 spiro atoms. The maximum atomic E-state index is 13.1. The van der Waals surface area contributed by atoms with Gasteiger partial charge in [-0.25, -0.2) is 4.98 Å². The molecular formula is C27H31N3O3S. The minimum absolute atomic E-state index is 0.163. The Morgan fingerprint density at radius 3 is 2.56 bits per heavy atom. The second-order valence-corrected chi connectivity index (χ2v) is 9.62. The number of benzene rings is 2. The highest BCUT2D eigenvalue weighted by atomic mass is 32.1. The Bertz CT molecular complexity index is 1280. The standard InChI is InChI=1S/C27H31N3O3S/c1-4-29(23-12-10-19(2)11-13-23)17-22-16-25(32)30-26(20(3)34-27(30)28-22)24(31)14-15-33-18-21-8-6-5-7-9-21/h5-13,16,24,31H,4,14-15,17-18H2,1-3H3. The third-order valence-corrected chi connectivity index (χ3v) is 6.86. The number of anilines is 1. The van der Waals surface area contributed by atoms with Crippen molar-refractivity contribution >= 4 is 22.0 Å². The molecule has 0 radical (unpaired) electrons. The first-order chi connectivity index (χ1) is 16.5. The molecule has 178 valence electrons. The lowest BCUT2D eigenvalue weighted by Gasteiger charge is -2.23. The number of hydrogen-bond donors (Lipinski definition) is 1. The summed E-state index contributed by atoms with van der Waals surface area (Å²) < 4.78 is 7.28. The average molecular weight is 478 g/mol. The van der Waals surface area contributed by atoms with Gasteiger partial charge in [0.05, 0.1) is 30.6 Å². The van der Waals surface area contributed by atoms with Crippen LogP contribution in [0.2, 0.25) is 0 Å². The number of aromatic nitrogens is 2. The highest BCUT2D eigenvalue weighted by Crippen LogP contribution is 2.28. The van der Waals surface area contributed by atoms with Crippen molar-refractivity contribution in [1.29, 1.82) is 0 Å². The minimum atomic E-state index is -0.797. The summed E-state index contributed by atoms with van der Waals surface area (Å²) in [5.41, 5.74) is 4.57. The van der Waals surface area contributed by atoms with Crippen LogP contribution in [0.3, 0.4) is 0 Å².